The van der Waals surface area contributed by atoms with Gasteiger partial charge in [0, 0.05) is 37.1 Å². The zero-order valence-corrected chi connectivity index (χ0v) is 16.6. The molecule has 1 fully saturated rings. The fraction of sp³-hybridized carbons (Fsp3) is 0.227. The standard InChI is InChI=1S/C22H19ClFN3O2/c1-14-6-7-15(12-18(14)24)21(28)26-8-10-27(11-9-26)22(29)17-13-20(23)25-19-5-3-2-4-16(17)19/h2-7,12-13H,8-11H2,1H3. The van der Waals surface area contributed by atoms with Crippen molar-refractivity contribution >= 4 is 34.3 Å². The van der Waals surface area contributed by atoms with E-state index in [4.69, 9.17) is 11.6 Å². The Balaban J connectivity index is 1.49. The highest BCUT2D eigenvalue weighted by Crippen LogP contribution is 2.23. The lowest BCUT2D eigenvalue weighted by molar-refractivity contribution is 0.0536. The fourth-order valence-electron chi connectivity index (χ4n) is 3.51. The molecule has 0 atom stereocenters. The Labute approximate surface area is 172 Å². The summed E-state index contributed by atoms with van der Waals surface area (Å²) in [5, 5.41) is 1.01. The smallest absolute Gasteiger partial charge is 0.254 e. The molecule has 2 amide bonds. The lowest BCUT2D eigenvalue weighted by atomic mass is 10.1. The number of hydrogen-bond donors (Lipinski definition) is 0. The predicted octanol–water partition coefficient (Wildman–Crippen LogP) is 3.93. The number of hydrogen-bond acceptors (Lipinski definition) is 3. The number of carbonyl (C=O) groups excluding carboxylic acids is 2. The van der Waals surface area contributed by atoms with Gasteiger partial charge in [0.25, 0.3) is 11.8 Å². The van der Waals surface area contributed by atoms with E-state index in [1.54, 1.807) is 34.9 Å². The molecule has 7 heteroatoms. The lowest BCUT2D eigenvalue weighted by Gasteiger charge is -2.35. The molecule has 29 heavy (non-hydrogen) atoms. The SMILES string of the molecule is Cc1ccc(C(=O)N2CCN(C(=O)c3cc(Cl)nc4ccccc34)CC2)cc1F. The Morgan fingerprint density at radius 1 is 0.966 bits per heavy atom. The zero-order valence-electron chi connectivity index (χ0n) is 15.9. The molecular weight excluding hydrogens is 393 g/mol. The second kappa shape index (κ2) is 7.79. The molecule has 2 aromatic carbocycles. The minimum Gasteiger partial charge on any atom is -0.335 e. The molecular formula is C22H19ClFN3O2. The van der Waals surface area contributed by atoms with Crippen LogP contribution in [0.3, 0.4) is 0 Å². The van der Waals surface area contributed by atoms with E-state index >= 15 is 0 Å². The molecule has 1 aromatic heterocycles. The first kappa shape index (κ1) is 19.3. The summed E-state index contributed by atoms with van der Waals surface area (Å²) in [5.74, 6) is -0.765. The Bertz CT molecular complexity index is 1110. The third-order valence-electron chi connectivity index (χ3n) is 5.19. The Morgan fingerprint density at radius 2 is 1.62 bits per heavy atom. The van der Waals surface area contributed by atoms with Gasteiger partial charge in [-0.25, -0.2) is 9.37 Å². The van der Waals surface area contributed by atoms with E-state index < -0.39 is 5.82 Å². The van der Waals surface area contributed by atoms with Crippen LogP contribution < -0.4 is 0 Å². The van der Waals surface area contributed by atoms with E-state index in [0.29, 0.717) is 48.4 Å². The van der Waals surface area contributed by atoms with Gasteiger partial charge in [-0.1, -0.05) is 35.9 Å². The molecule has 1 aliphatic rings. The maximum atomic E-state index is 13.8. The molecule has 0 radical (unpaired) electrons. The topological polar surface area (TPSA) is 53.5 Å². The quantitative estimate of drug-likeness (QED) is 0.600. The van der Waals surface area contributed by atoms with Crippen LogP contribution in [0.15, 0.2) is 48.5 Å². The van der Waals surface area contributed by atoms with Gasteiger partial charge in [0.1, 0.15) is 11.0 Å². The van der Waals surface area contributed by atoms with Crippen LogP contribution in [0.2, 0.25) is 5.15 Å². The molecule has 5 nitrogen and oxygen atoms in total. The Hall–Kier alpha value is -2.99. The van der Waals surface area contributed by atoms with Gasteiger partial charge >= 0.3 is 0 Å². The maximum absolute atomic E-state index is 13.8. The summed E-state index contributed by atoms with van der Waals surface area (Å²) in [6.45, 7) is 3.22. The predicted molar refractivity (Wildman–Crippen MR) is 110 cm³/mol. The number of benzene rings is 2. The van der Waals surface area contributed by atoms with Crippen molar-refractivity contribution in [1.29, 1.82) is 0 Å². The monoisotopic (exact) mass is 411 g/mol. The Kier molecular flexibility index (Phi) is 5.20. The number of carbonyl (C=O) groups is 2. The molecule has 1 saturated heterocycles. The summed E-state index contributed by atoms with van der Waals surface area (Å²) in [4.78, 5) is 33.3. The number of para-hydroxylation sites is 1. The van der Waals surface area contributed by atoms with Crippen molar-refractivity contribution in [3.8, 4) is 0 Å². The molecule has 0 aliphatic carbocycles. The summed E-state index contributed by atoms with van der Waals surface area (Å²) < 4.78 is 13.8. The molecule has 0 N–H and O–H groups in total. The van der Waals surface area contributed by atoms with Crippen LogP contribution in [0, 0.1) is 12.7 Å². The van der Waals surface area contributed by atoms with Crippen molar-refractivity contribution in [2.75, 3.05) is 26.2 Å². The van der Waals surface area contributed by atoms with Crippen molar-refractivity contribution in [3.05, 3.63) is 76.2 Å². The summed E-state index contributed by atoms with van der Waals surface area (Å²) in [5.41, 5.74) is 1.99. The fourth-order valence-corrected chi connectivity index (χ4v) is 3.71. The molecule has 0 unspecified atom stereocenters. The average Bonchev–Trinajstić information content (AvgIpc) is 2.74. The van der Waals surface area contributed by atoms with Crippen LogP contribution in [-0.4, -0.2) is 52.8 Å². The number of amides is 2. The van der Waals surface area contributed by atoms with Crippen molar-refractivity contribution < 1.29 is 14.0 Å². The zero-order chi connectivity index (χ0) is 20.5. The van der Waals surface area contributed by atoms with Crippen LogP contribution in [0.1, 0.15) is 26.3 Å². The van der Waals surface area contributed by atoms with E-state index in [1.807, 2.05) is 24.3 Å². The van der Waals surface area contributed by atoms with Gasteiger partial charge in [0.05, 0.1) is 11.1 Å². The number of halogens is 2. The van der Waals surface area contributed by atoms with E-state index in [0.717, 1.165) is 5.39 Å². The highest BCUT2D eigenvalue weighted by atomic mass is 35.5. The first-order chi connectivity index (χ1) is 13.9. The highest BCUT2D eigenvalue weighted by molar-refractivity contribution is 6.30. The van der Waals surface area contributed by atoms with Crippen LogP contribution in [0.25, 0.3) is 10.9 Å². The van der Waals surface area contributed by atoms with Gasteiger partial charge in [0.2, 0.25) is 0 Å². The van der Waals surface area contributed by atoms with E-state index in [-0.39, 0.29) is 17.0 Å². The number of pyridine rings is 1. The van der Waals surface area contributed by atoms with Crippen molar-refractivity contribution in [3.63, 3.8) is 0 Å². The summed E-state index contributed by atoms with van der Waals surface area (Å²) in [6, 6.07) is 13.4. The van der Waals surface area contributed by atoms with Crippen molar-refractivity contribution in [2.24, 2.45) is 0 Å². The van der Waals surface area contributed by atoms with Crippen LogP contribution in [-0.2, 0) is 0 Å². The molecule has 1 aliphatic heterocycles. The van der Waals surface area contributed by atoms with Gasteiger partial charge in [-0.15, -0.1) is 0 Å². The lowest BCUT2D eigenvalue weighted by Crippen LogP contribution is -2.50. The molecule has 0 saturated carbocycles. The normalized spacial score (nSPS) is 14.3. The minimum atomic E-state index is -0.397. The van der Waals surface area contributed by atoms with Gasteiger partial charge in [0.15, 0.2) is 0 Å². The average molecular weight is 412 g/mol. The third kappa shape index (κ3) is 3.80. The van der Waals surface area contributed by atoms with Gasteiger partial charge in [-0.2, -0.15) is 0 Å². The number of rotatable bonds is 2. The number of nitrogens with zero attached hydrogens (tertiary/aromatic N) is 3. The van der Waals surface area contributed by atoms with Crippen molar-refractivity contribution in [2.45, 2.75) is 6.92 Å². The largest absolute Gasteiger partial charge is 0.335 e. The van der Waals surface area contributed by atoms with E-state index in [1.165, 1.54) is 6.07 Å². The number of aromatic nitrogens is 1. The second-order valence-corrected chi connectivity index (χ2v) is 7.45. The highest BCUT2D eigenvalue weighted by Gasteiger charge is 2.27. The summed E-state index contributed by atoms with van der Waals surface area (Å²) >= 11 is 6.10. The second-order valence-electron chi connectivity index (χ2n) is 7.06. The van der Waals surface area contributed by atoms with Gasteiger partial charge in [-0.3, -0.25) is 9.59 Å². The summed E-state index contributed by atoms with van der Waals surface area (Å²) in [6.07, 6.45) is 0. The van der Waals surface area contributed by atoms with E-state index in [9.17, 15) is 14.0 Å². The molecule has 148 valence electrons. The van der Waals surface area contributed by atoms with Crippen LogP contribution in [0.5, 0.6) is 0 Å². The number of fused-ring (bicyclic) bond motifs is 1. The van der Waals surface area contributed by atoms with Gasteiger partial charge < -0.3 is 9.80 Å². The molecule has 4 rings (SSSR count). The number of piperazine rings is 1. The van der Waals surface area contributed by atoms with Gasteiger partial charge in [-0.05, 0) is 36.8 Å². The van der Waals surface area contributed by atoms with Crippen LogP contribution in [0.4, 0.5) is 4.39 Å². The molecule has 3 aromatic rings. The molecule has 0 spiro atoms. The van der Waals surface area contributed by atoms with E-state index in [2.05, 4.69) is 4.98 Å². The van der Waals surface area contributed by atoms with Crippen molar-refractivity contribution in [1.82, 2.24) is 14.8 Å². The Morgan fingerprint density at radius 3 is 2.31 bits per heavy atom. The summed E-state index contributed by atoms with van der Waals surface area (Å²) in [7, 11) is 0. The first-order valence-corrected chi connectivity index (χ1v) is 9.72. The first-order valence-electron chi connectivity index (χ1n) is 9.34. The van der Waals surface area contributed by atoms with Crippen LogP contribution >= 0.6 is 11.6 Å². The maximum Gasteiger partial charge on any atom is 0.254 e. The number of aryl methyl sites for hydroxylation is 1. The molecule has 2 heterocycles. The third-order valence-corrected chi connectivity index (χ3v) is 5.38. The molecule has 0 bridgehead atoms. The minimum absolute atomic E-state index is 0.140.